The number of unbranched alkanes of at least 4 members (excludes halogenated alkanes) is 1. The summed E-state index contributed by atoms with van der Waals surface area (Å²) in [6, 6.07) is 0. The van der Waals surface area contributed by atoms with Gasteiger partial charge in [0.2, 0.25) is 5.91 Å². The van der Waals surface area contributed by atoms with Gasteiger partial charge in [0.15, 0.2) is 0 Å². The normalized spacial score (nSPS) is 12.7. The Kier molecular flexibility index (Phi) is 12.7. The van der Waals surface area contributed by atoms with E-state index < -0.39 is 0 Å². The minimum atomic E-state index is 0.193. The zero-order chi connectivity index (χ0) is 14.5. The molecule has 1 N–H and O–H groups in total. The minimum Gasteiger partial charge on any atom is -0.356 e. The van der Waals surface area contributed by atoms with Crippen molar-refractivity contribution < 1.29 is 4.79 Å². The van der Waals surface area contributed by atoms with E-state index in [1.165, 1.54) is 25.7 Å². The SMILES string of the molecule is CCCCNC(=O)C(CC)CSC(CCC)CCC. The maximum Gasteiger partial charge on any atom is 0.223 e. The summed E-state index contributed by atoms with van der Waals surface area (Å²) >= 11 is 2.01. The number of thioether (sulfide) groups is 1. The number of amides is 1. The zero-order valence-corrected chi connectivity index (χ0v) is 14.2. The van der Waals surface area contributed by atoms with Crippen LogP contribution in [-0.4, -0.2) is 23.5 Å². The highest BCUT2D eigenvalue weighted by atomic mass is 32.2. The van der Waals surface area contributed by atoms with Gasteiger partial charge in [-0.15, -0.1) is 0 Å². The highest BCUT2D eigenvalue weighted by Gasteiger charge is 2.18. The Labute approximate surface area is 124 Å². The second-order valence-corrected chi connectivity index (χ2v) is 6.62. The van der Waals surface area contributed by atoms with Gasteiger partial charge in [-0.3, -0.25) is 4.79 Å². The van der Waals surface area contributed by atoms with Gasteiger partial charge < -0.3 is 5.32 Å². The van der Waals surface area contributed by atoms with Gasteiger partial charge in [-0.25, -0.2) is 0 Å². The van der Waals surface area contributed by atoms with Gasteiger partial charge in [0, 0.05) is 23.5 Å². The number of rotatable bonds is 12. The Balaban J connectivity index is 4.04. The minimum absolute atomic E-state index is 0.193. The Hall–Kier alpha value is -0.180. The summed E-state index contributed by atoms with van der Waals surface area (Å²) in [4.78, 5) is 12.1. The van der Waals surface area contributed by atoms with E-state index in [4.69, 9.17) is 0 Å². The highest BCUT2D eigenvalue weighted by Crippen LogP contribution is 2.24. The summed E-state index contributed by atoms with van der Waals surface area (Å²) in [5.41, 5.74) is 0. The van der Waals surface area contributed by atoms with E-state index in [9.17, 15) is 4.79 Å². The highest BCUT2D eigenvalue weighted by molar-refractivity contribution is 7.99. The van der Waals surface area contributed by atoms with Crippen LogP contribution in [0.25, 0.3) is 0 Å². The third kappa shape index (κ3) is 9.37. The smallest absolute Gasteiger partial charge is 0.223 e. The maximum atomic E-state index is 12.1. The van der Waals surface area contributed by atoms with Crippen molar-refractivity contribution in [3.8, 4) is 0 Å². The van der Waals surface area contributed by atoms with Crippen LogP contribution in [0.3, 0.4) is 0 Å². The molecule has 0 heterocycles. The first-order valence-corrected chi connectivity index (χ1v) is 9.13. The molecule has 0 aliphatic carbocycles. The van der Waals surface area contributed by atoms with Crippen LogP contribution in [0.5, 0.6) is 0 Å². The summed E-state index contributed by atoms with van der Waals surface area (Å²) in [7, 11) is 0. The van der Waals surface area contributed by atoms with Crippen molar-refractivity contribution >= 4 is 17.7 Å². The first kappa shape index (κ1) is 18.8. The molecule has 114 valence electrons. The molecule has 0 aliphatic rings. The molecule has 0 saturated carbocycles. The molecule has 1 amide bonds. The predicted octanol–water partition coefficient (Wildman–Crippen LogP) is 4.63. The van der Waals surface area contributed by atoms with Crippen molar-refractivity contribution in [2.24, 2.45) is 5.92 Å². The molecule has 0 bridgehead atoms. The summed E-state index contributed by atoms with van der Waals surface area (Å²) in [5.74, 6) is 1.44. The third-order valence-corrected chi connectivity index (χ3v) is 4.99. The number of hydrogen-bond acceptors (Lipinski definition) is 2. The van der Waals surface area contributed by atoms with Crippen molar-refractivity contribution in [1.29, 1.82) is 0 Å². The van der Waals surface area contributed by atoms with Crippen molar-refractivity contribution in [1.82, 2.24) is 5.32 Å². The Morgan fingerprint density at radius 3 is 2.16 bits per heavy atom. The van der Waals surface area contributed by atoms with Crippen molar-refractivity contribution in [2.45, 2.75) is 77.9 Å². The second-order valence-electron chi connectivity index (χ2n) is 5.28. The lowest BCUT2D eigenvalue weighted by Crippen LogP contribution is -2.32. The molecule has 0 aromatic carbocycles. The average Bonchev–Trinajstić information content (AvgIpc) is 2.40. The summed E-state index contributed by atoms with van der Waals surface area (Å²) < 4.78 is 0. The number of carbonyl (C=O) groups excluding carboxylic acids is 1. The van der Waals surface area contributed by atoms with E-state index >= 15 is 0 Å². The van der Waals surface area contributed by atoms with Crippen molar-refractivity contribution in [3.63, 3.8) is 0 Å². The molecule has 0 aromatic rings. The van der Waals surface area contributed by atoms with Crippen LogP contribution in [0, 0.1) is 5.92 Å². The topological polar surface area (TPSA) is 29.1 Å². The van der Waals surface area contributed by atoms with Gasteiger partial charge in [0.25, 0.3) is 0 Å². The summed E-state index contributed by atoms with van der Waals surface area (Å²) in [5, 5.41) is 3.81. The Bertz CT molecular complexity index is 215. The fraction of sp³-hybridized carbons (Fsp3) is 0.938. The summed E-state index contributed by atoms with van der Waals surface area (Å²) in [6.45, 7) is 9.61. The van der Waals surface area contributed by atoms with Crippen LogP contribution in [0.4, 0.5) is 0 Å². The molecule has 2 nitrogen and oxygen atoms in total. The molecule has 1 atom stereocenters. The van der Waals surface area contributed by atoms with Crippen LogP contribution < -0.4 is 5.32 Å². The van der Waals surface area contributed by atoms with Crippen LogP contribution in [0.15, 0.2) is 0 Å². The van der Waals surface area contributed by atoms with E-state index in [1.807, 2.05) is 11.8 Å². The van der Waals surface area contributed by atoms with Crippen LogP contribution in [0.1, 0.15) is 72.6 Å². The number of carbonyl (C=O) groups is 1. The summed E-state index contributed by atoms with van der Waals surface area (Å²) in [6.07, 6.45) is 8.24. The van der Waals surface area contributed by atoms with Crippen molar-refractivity contribution in [2.75, 3.05) is 12.3 Å². The molecule has 0 radical (unpaired) electrons. The first-order chi connectivity index (χ1) is 9.19. The van der Waals surface area contributed by atoms with Gasteiger partial charge in [0.05, 0.1) is 0 Å². The average molecular weight is 288 g/mol. The molecule has 1 unspecified atom stereocenters. The quantitative estimate of drug-likeness (QED) is 0.530. The predicted molar refractivity (Wildman–Crippen MR) is 87.8 cm³/mol. The number of nitrogens with one attached hydrogen (secondary N) is 1. The van der Waals surface area contributed by atoms with E-state index in [2.05, 4.69) is 33.0 Å². The molecule has 19 heavy (non-hydrogen) atoms. The van der Waals surface area contributed by atoms with E-state index in [-0.39, 0.29) is 11.8 Å². The molecule has 3 heteroatoms. The fourth-order valence-corrected chi connectivity index (χ4v) is 3.82. The third-order valence-electron chi connectivity index (χ3n) is 3.45. The lowest BCUT2D eigenvalue weighted by molar-refractivity contribution is -0.124. The van der Waals surface area contributed by atoms with Crippen LogP contribution in [0.2, 0.25) is 0 Å². The van der Waals surface area contributed by atoms with Gasteiger partial charge in [-0.2, -0.15) is 11.8 Å². The Morgan fingerprint density at radius 1 is 1.05 bits per heavy atom. The standard InChI is InChI=1S/C16H33NOS/c1-5-9-12-17-16(18)14(8-4)13-19-15(10-6-2)11-7-3/h14-15H,5-13H2,1-4H3,(H,17,18). The molecule has 0 fully saturated rings. The van der Waals surface area contributed by atoms with Crippen molar-refractivity contribution in [3.05, 3.63) is 0 Å². The number of hydrogen-bond donors (Lipinski definition) is 1. The van der Waals surface area contributed by atoms with E-state index in [1.54, 1.807) is 0 Å². The molecular formula is C16H33NOS. The molecule has 0 spiro atoms. The van der Waals surface area contributed by atoms with Gasteiger partial charge in [-0.1, -0.05) is 47.0 Å². The zero-order valence-electron chi connectivity index (χ0n) is 13.3. The van der Waals surface area contributed by atoms with Gasteiger partial charge >= 0.3 is 0 Å². The lowest BCUT2D eigenvalue weighted by atomic mass is 10.1. The largest absolute Gasteiger partial charge is 0.356 e. The molecule has 0 saturated heterocycles. The van der Waals surface area contributed by atoms with E-state index in [0.717, 1.165) is 36.8 Å². The van der Waals surface area contributed by atoms with E-state index in [0.29, 0.717) is 0 Å². The van der Waals surface area contributed by atoms with Gasteiger partial charge in [-0.05, 0) is 25.7 Å². The molecular weight excluding hydrogens is 254 g/mol. The van der Waals surface area contributed by atoms with Crippen LogP contribution in [-0.2, 0) is 4.79 Å². The van der Waals surface area contributed by atoms with Gasteiger partial charge in [0.1, 0.15) is 0 Å². The molecule has 0 rings (SSSR count). The maximum absolute atomic E-state index is 12.1. The molecule has 0 aromatic heterocycles. The monoisotopic (exact) mass is 287 g/mol. The van der Waals surface area contributed by atoms with Crippen LogP contribution >= 0.6 is 11.8 Å². The fourth-order valence-electron chi connectivity index (χ4n) is 2.12. The lowest BCUT2D eigenvalue weighted by Gasteiger charge is -2.19. The Morgan fingerprint density at radius 2 is 1.68 bits per heavy atom. The molecule has 0 aliphatic heterocycles. The first-order valence-electron chi connectivity index (χ1n) is 8.08. The second kappa shape index (κ2) is 12.8.